The second-order valence-corrected chi connectivity index (χ2v) is 11.2. The van der Waals surface area contributed by atoms with E-state index in [-0.39, 0.29) is 17.9 Å². The number of methoxy groups -OCH3 is 1. The Labute approximate surface area is 273 Å². The third-order valence-electron chi connectivity index (χ3n) is 8.02. The first-order valence-electron chi connectivity index (χ1n) is 15.5. The number of anilines is 1. The zero-order valence-electron chi connectivity index (χ0n) is 26.0. The van der Waals surface area contributed by atoms with Crippen LogP contribution in [0.1, 0.15) is 34.6 Å². The smallest absolute Gasteiger partial charge is 0.407 e. The van der Waals surface area contributed by atoms with E-state index in [9.17, 15) is 9.59 Å². The van der Waals surface area contributed by atoms with Crippen molar-refractivity contribution >= 4 is 17.7 Å². The molecule has 1 fully saturated rings. The first-order chi connectivity index (χ1) is 22.9. The number of nitrogens with zero attached hydrogens (tertiary/aromatic N) is 1. The molecule has 1 aliphatic rings. The first kappa shape index (κ1) is 33.1. The van der Waals surface area contributed by atoms with Gasteiger partial charge in [-0.1, -0.05) is 72.8 Å². The van der Waals surface area contributed by atoms with Gasteiger partial charge in [0, 0.05) is 19.0 Å². The van der Waals surface area contributed by atoms with Crippen molar-refractivity contribution in [1.82, 2.24) is 10.6 Å². The van der Waals surface area contributed by atoms with Crippen LogP contribution < -0.4 is 20.7 Å². The fourth-order valence-corrected chi connectivity index (χ4v) is 5.68. The summed E-state index contributed by atoms with van der Waals surface area (Å²) in [6, 6.07) is 31.2. The maximum absolute atomic E-state index is 15.4. The Hall–Kier alpha value is -5.24. The van der Waals surface area contributed by atoms with E-state index in [4.69, 9.17) is 19.5 Å². The molecule has 1 unspecified atom stereocenters. The van der Waals surface area contributed by atoms with Crippen LogP contribution in [0, 0.1) is 17.1 Å². The van der Waals surface area contributed by atoms with E-state index in [2.05, 4.69) is 22.0 Å². The number of carbonyl (C=O) groups excluding carboxylic acids is 2. The Kier molecular flexibility index (Phi) is 11.5. The number of nitriles is 1. The molecule has 242 valence electrons. The lowest BCUT2D eigenvalue weighted by molar-refractivity contribution is -0.118. The number of ether oxygens (including phenoxy) is 3. The van der Waals surface area contributed by atoms with Crippen molar-refractivity contribution in [2.24, 2.45) is 0 Å². The van der Waals surface area contributed by atoms with Crippen molar-refractivity contribution in [3.8, 4) is 11.8 Å². The van der Waals surface area contributed by atoms with Crippen LogP contribution in [-0.4, -0.2) is 57.1 Å². The second-order valence-electron chi connectivity index (χ2n) is 11.2. The summed E-state index contributed by atoms with van der Waals surface area (Å²) >= 11 is 0. The molecule has 1 heterocycles. The van der Waals surface area contributed by atoms with Crippen LogP contribution in [0.2, 0.25) is 0 Å². The van der Waals surface area contributed by atoms with Gasteiger partial charge in [-0.3, -0.25) is 4.79 Å². The molecule has 5 rings (SSSR count). The molecule has 0 spiro atoms. The quantitative estimate of drug-likeness (QED) is 0.186. The van der Waals surface area contributed by atoms with Gasteiger partial charge in [-0.25, -0.2) is 9.18 Å². The van der Waals surface area contributed by atoms with Crippen molar-refractivity contribution in [1.29, 1.82) is 5.26 Å². The predicted octanol–water partition coefficient (Wildman–Crippen LogP) is 5.56. The highest BCUT2D eigenvalue weighted by atomic mass is 19.1. The van der Waals surface area contributed by atoms with Crippen LogP contribution in [-0.2, 0) is 20.7 Å². The average Bonchev–Trinajstić information content (AvgIpc) is 3.12. The van der Waals surface area contributed by atoms with Crippen LogP contribution in [0.3, 0.4) is 0 Å². The normalized spacial score (nSPS) is 16.5. The number of para-hydroxylation sites is 1. The van der Waals surface area contributed by atoms with Crippen LogP contribution in [0.25, 0.3) is 0 Å². The summed E-state index contributed by atoms with van der Waals surface area (Å²) in [5, 5.41) is 17.8. The number of hydrogen-bond donors (Lipinski definition) is 3. The number of rotatable bonds is 12. The van der Waals surface area contributed by atoms with E-state index in [1.807, 2.05) is 60.7 Å². The Morgan fingerprint density at radius 2 is 1.60 bits per heavy atom. The van der Waals surface area contributed by atoms with Crippen LogP contribution in [0.5, 0.6) is 5.75 Å². The molecule has 3 atom stereocenters. The lowest BCUT2D eigenvalue weighted by Crippen LogP contribution is -2.48. The number of benzene rings is 4. The Bertz CT molecular complexity index is 1620. The molecule has 1 saturated heterocycles. The molecule has 0 aliphatic carbocycles. The minimum Gasteiger partial charge on any atom is -0.491 e. The predicted molar refractivity (Wildman–Crippen MR) is 176 cm³/mol. The lowest BCUT2D eigenvalue weighted by atomic mass is 9.84. The highest BCUT2D eigenvalue weighted by Gasteiger charge is 2.34. The molecule has 0 bridgehead atoms. The molecular formula is C37H37FN4O5. The lowest BCUT2D eigenvalue weighted by Gasteiger charge is -2.31. The third kappa shape index (κ3) is 8.94. The molecule has 47 heavy (non-hydrogen) atoms. The maximum Gasteiger partial charge on any atom is 0.407 e. The summed E-state index contributed by atoms with van der Waals surface area (Å²) < 4.78 is 32.4. The van der Waals surface area contributed by atoms with Crippen molar-refractivity contribution in [2.75, 3.05) is 32.1 Å². The van der Waals surface area contributed by atoms with Gasteiger partial charge in [-0.15, -0.1) is 0 Å². The van der Waals surface area contributed by atoms with E-state index in [0.29, 0.717) is 49.4 Å². The number of hydrogen-bond acceptors (Lipinski definition) is 7. The topological polar surface area (TPSA) is 122 Å². The van der Waals surface area contributed by atoms with Crippen LogP contribution in [0.4, 0.5) is 14.9 Å². The molecule has 0 radical (unpaired) electrons. The third-order valence-corrected chi connectivity index (χ3v) is 8.02. The summed E-state index contributed by atoms with van der Waals surface area (Å²) in [6.07, 6.45) is -0.157. The number of carbonyl (C=O) groups is 2. The van der Waals surface area contributed by atoms with Gasteiger partial charge in [0.25, 0.3) is 0 Å². The van der Waals surface area contributed by atoms with E-state index in [0.717, 1.165) is 11.1 Å². The fraction of sp³-hybridized carbons (Fsp3) is 0.270. The highest BCUT2D eigenvalue weighted by molar-refractivity contribution is 5.98. The van der Waals surface area contributed by atoms with Crippen molar-refractivity contribution < 1.29 is 28.2 Å². The van der Waals surface area contributed by atoms with E-state index in [1.54, 1.807) is 36.4 Å². The Morgan fingerprint density at radius 3 is 2.23 bits per heavy atom. The van der Waals surface area contributed by atoms with Crippen molar-refractivity contribution in [2.45, 2.75) is 37.0 Å². The van der Waals surface area contributed by atoms with Gasteiger partial charge in [-0.05, 0) is 59.9 Å². The summed E-state index contributed by atoms with van der Waals surface area (Å²) in [5.41, 5.74) is 2.81. The van der Waals surface area contributed by atoms with Crippen LogP contribution in [0.15, 0.2) is 103 Å². The van der Waals surface area contributed by atoms with E-state index < -0.39 is 29.8 Å². The molecule has 1 aliphatic heterocycles. The molecule has 10 heteroatoms. The zero-order chi connectivity index (χ0) is 33.0. The van der Waals surface area contributed by atoms with Gasteiger partial charge in [0.05, 0.1) is 30.5 Å². The molecule has 0 aromatic heterocycles. The van der Waals surface area contributed by atoms with E-state index in [1.165, 1.54) is 13.2 Å². The summed E-state index contributed by atoms with van der Waals surface area (Å²) in [5.74, 6) is -1.11. The number of amides is 2. The number of nitrogens with one attached hydrogen (secondary N) is 3. The van der Waals surface area contributed by atoms with Gasteiger partial charge < -0.3 is 30.2 Å². The van der Waals surface area contributed by atoms with E-state index >= 15 is 4.39 Å². The summed E-state index contributed by atoms with van der Waals surface area (Å²) in [4.78, 5) is 26.5. The fourth-order valence-electron chi connectivity index (χ4n) is 5.68. The molecule has 3 N–H and O–H groups in total. The maximum atomic E-state index is 15.4. The highest BCUT2D eigenvalue weighted by Crippen LogP contribution is 2.30. The summed E-state index contributed by atoms with van der Waals surface area (Å²) in [6.45, 7) is 1.56. The van der Waals surface area contributed by atoms with Gasteiger partial charge in [-0.2, -0.15) is 5.26 Å². The van der Waals surface area contributed by atoms with Gasteiger partial charge >= 0.3 is 6.09 Å². The van der Waals surface area contributed by atoms with Gasteiger partial charge in [0.1, 0.15) is 30.3 Å². The monoisotopic (exact) mass is 636 g/mol. The van der Waals surface area contributed by atoms with Crippen molar-refractivity contribution in [3.63, 3.8) is 0 Å². The second kappa shape index (κ2) is 16.4. The minimum absolute atomic E-state index is 0.0542. The van der Waals surface area contributed by atoms with Gasteiger partial charge in [0.2, 0.25) is 5.91 Å². The first-order valence-corrected chi connectivity index (χ1v) is 15.5. The number of alkyl carbamates (subject to hydrolysis) is 1. The molecule has 0 saturated carbocycles. The SMILES string of the molecule is COC(=O)NC(C(=O)Nc1c(F)cccc1CC[C@@H]1CNC[C@@H](COc2ccc(C#N)cc2)O1)C(c1ccccc1)c1ccccc1. The largest absolute Gasteiger partial charge is 0.491 e. The molecular weight excluding hydrogens is 599 g/mol. The number of morpholine rings is 1. The zero-order valence-corrected chi connectivity index (χ0v) is 26.0. The molecule has 4 aromatic carbocycles. The van der Waals surface area contributed by atoms with Gasteiger partial charge in [0.15, 0.2) is 0 Å². The molecule has 9 nitrogen and oxygen atoms in total. The minimum atomic E-state index is -1.12. The standard InChI is InChI=1S/C37H37FN4O5/c1-45-37(44)42-35(33(26-9-4-2-5-10-26)27-11-6-3-7-12-27)36(43)41-34-28(13-8-14-32(34)38)17-20-30-22-40-23-31(47-30)24-46-29-18-15-25(21-39)16-19-29/h2-16,18-19,30-31,33,35,40H,17,20,22-24H2,1H3,(H,41,43)(H,42,44)/t30-,31+,35?/m1/s1. The van der Waals surface area contributed by atoms with Crippen LogP contribution >= 0.6 is 0 Å². The number of halogens is 1. The van der Waals surface area contributed by atoms with Crippen molar-refractivity contribution in [3.05, 3.63) is 131 Å². The Morgan fingerprint density at radius 1 is 0.936 bits per heavy atom. The molecule has 4 aromatic rings. The number of aryl methyl sites for hydroxylation is 1. The molecule has 2 amide bonds. The Balaban J connectivity index is 1.29. The summed E-state index contributed by atoms with van der Waals surface area (Å²) in [7, 11) is 1.23. The average molecular weight is 637 g/mol.